The molecule has 4 rings (SSSR count). The molecule has 1 aliphatic heterocycles. The fourth-order valence-electron chi connectivity index (χ4n) is 3.66. The highest BCUT2D eigenvalue weighted by atomic mass is 79.9. The van der Waals surface area contributed by atoms with Gasteiger partial charge in [0.1, 0.15) is 11.8 Å². The highest BCUT2D eigenvalue weighted by Crippen LogP contribution is 2.36. The number of methoxy groups -OCH3 is 1. The van der Waals surface area contributed by atoms with Gasteiger partial charge in [-0.3, -0.25) is 14.6 Å². The van der Waals surface area contributed by atoms with Gasteiger partial charge in [-0.1, -0.05) is 40.2 Å². The van der Waals surface area contributed by atoms with Crippen LogP contribution in [0.15, 0.2) is 71.5 Å². The summed E-state index contributed by atoms with van der Waals surface area (Å²) in [6.07, 6.45) is 3.39. The third kappa shape index (κ3) is 3.93. The lowest BCUT2D eigenvalue weighted by atomic mass is 10.0. The van der Waals surface area contributed by atoms with Gasteiger partial charge >= 0.3 is 0 Å². The minimum atomic E-state index is -0.714. The molecule has 2 amide bonds. The molecule has 1 unspecified atom stereocenters. The van der Waals surface area contributed by atoms with Gasteiger partial charge in [-0.05, 0) is 41.5 Å². The van der Waals surface area contributed by atoms with Crippen LogP contribution in [0.5, 0.6) is 5.75 Å². The van der Waals surface area contributed by atoms with Crippen LogP contribution in [0.2, 0.25) is 0 Å². The van der Waals surface area contributed by atoms with E-state index in [1.165, 1.54) is 0 Å². The molecule has 0 aliphatic carbocycles. The van der Waals surface area contributed by atoms with Crippen LogP contribution in [0.3, 0.4) is 0 Å². The number of fused-ring (bicyclic) bond motifs is 1. The van der Waals surface area contributed by atoms with E-state index in [0.29, 0.717) is 23.4 Å². The Bertz CT molecular complexity index is 1090. The van der Waals surface area contributed by atoms with Gasteiger partial charge in [-0.15, -0.1) is 0 Å². The zero-order chi connectivity index (χ0) is 21.1. The van der Waals surface area contributed by atoms with E-state index in [9.17, 15) is 9.59 Å². The zero-order valence-corrected chi connectivity index (χ0v) is 17.9. The summed E-state index contributed by atoms with van der Waals surface area (Å²) in [6.45, 7) is 0.592. The Morgan fingerprint density at radius 2 is 2.03 bits per heavy atom. The van der Waals surface area contributed by atoms with Crippen LogP contribution in [-0.4, -0.2) is 28.8 Å². The molecular weight excluding hydrogens is 446 g/mol. The molecule has 0 saturated heterocycles. The smallest absolute Gasteiger partial charge is 0.255 e. The molecular formula is C23H20BrN3O3. The van der Waals surface area contributed by atoms with Crippen LogP contribution in [0.4, 0.5) is 0 Å². The van der Waals surface area contributed by atoms with Gasteiger partial charge in [0.15, 0.2) is 0 Å². The van der Waals surface area contributed by atoms with E-state index >= 15 is 0 Å². The van der Waals surface area contributed by atoms with Crippen LogP contribution < -0.4 is 10.1 Å². The molecule has 6 nitrogen and oxygen atoms in total. The van der Waals surface area contributed by atoms with E-state index in [1.807, 2.05) is 48.5 Å². The number of ether oxygens (including phenoxy) is 1. The molecule has 0 fully saturated rings. The summed E-state index contributed by atoms with van der Waals surface area (Å²) >= 11 is 3.47. The number of hydrogen-bond acceptors (Lipinski definition) is 4. The summed E-state index contributed by atoms with van der Waals surface area (Å²) in [7, 11) is 1.59. The van der Waals surface area contributed by atoms with Crippen LogP contribution in [-0.2, 0) is 17.9 Å². The average molecular weight is 466 g/mol. The highest BCUT2D eigenvalue weighted by Gasteiger charge is 2.41. The second-order valence-electron chi connectivity index (χ2n) is 6.96. The summed E-state index contributed by atoms with van der Waals surface area (Å²) in [6, 6.07) is 15.9. The van der Waals surface area contributed by atoms with Crippen molar-refractivity contribution < 1.29 is 14.3 Å². The number of carbonyl (C=O) groups excluding carboxylic acids is 2. The van der Waals surface area contributed by atoms with Gasteiger partial charge < -0.3 is 15.0 Å². The van der Waals surface area contributed by atoms with Crippen LogP contribution >= 0.6 is 15.9 Å². The number of hydrogen-bond donors (Lipinski definition) is 1. The maximum Gasteiger partial charge on any atom is 0.255 e. The maximum absolute atomic E-state index is 13.2. The maximum atomic E-state index is 13.2. The van der Waals surface area contributed by atoms with Crippen molar-refractivity contribution in [3.8, 4) is 5.75 Å². The van der Waals surface area contributed by atoms with Crippen molar-refractivity contribution in [2.75, 3.05) is 7.11 Å². The summed E-state index contributed by atoms with van der Waals surface area (Å²) in [4.78, 5) is 32.0. The quantitative estimate of drug-likeness (QED) is 0.599. The van der Waals surface area contributed by atoms with Crippen LogP contribution in [0.25, 0.3) is 0 Å². The molecule has 1 N–H and O–H groups in total. The van der Waals surface area contributed by atoms with E-state index < -0.39 is 6.04 Å². The van der Waals surface area contributed by atoms with Crippen molar-refractivity contribution in [2.45, 2.75) is 19.1 Å². The number of amides is 2. The minimum absolute atomic E-state index is 0.172. The fourth-order valence-corrected chi connectivity index (χ4v) is 4.07. The number of carbonyl (C=O) groups is 2. The Labute approximate surface area is 183 Å². The molecule has 2 heterocycles. The van der Waals surface area contributed by atoms with Crippen LogP contribution in [0.1, 0.15) is 33.1 Å². The standard InChI is InChI=1S/C23H20BrN3O3/c1-30-20-9-8-17(24)11-16(20)14-27-21(18-6-2-3-7-19(18)23(27)29)22(28)26-13-15-5-4-10-25-12-15/h2-12,21H,13-14H2,1H3,(H,26,28). The van der Waals surface area contributed by atoms with Gasteiger partial charge in [0, 0.05) is 34.5 Å². The van der Waals surface area contributed by atoms with Gasteiger partial charge in [0.25, 0.3) is 5.91 Å². The van der Waals surface area contributed by atoms with Crippen molar-refractivity contribution in [2.24, 2.45) is 0 Å². The molecule has 3 aromatic rings. The topological polar surface area (TPSA) is 71.5 Å². The van der Waals surface area contributed by atoms with E-state index in [2.05, 4.69) is 26.2 Å². The van der Waals surface area contributed by atoms with E-state index in [-0.39, 0.29) is 18.4 Å². The van der Waals surface area contributed by atoms with Crippen molar-refractivity contribution >= 4 is 27.7 Å². The lowest BCUT2D eigenvalue weighted by molar-refractivity contribution is -0.125. The number of rotatable bonds is 6. The molecule has 0 spiro atoms. The first-order valence-electron chi connectivity index (χ1n) is 9.47. The molecule has 0 radical (unpaired) electrons. The molecule has 1 aromatic heterocycles. The summed E-state index contributed by atoms with van der Waals surface area (Å²) in [5, 5.41) is 2.94. The molecule has 1 aliphatic rings. The number of halogens is 1. The van der Waals surface area contributed by atoms with Crippen molar-refractivity contribution in [3.05, 3.63) is 93.7 Å². The van der Waals surface area contributed by atoms with Gasteiger partial charge in [-0.25, -0.2) is 0 Å². The number of aromatic nitrogens is 1. The van der Waals surface area contributed by atoms with E-state index in [1.54, 1.807) is 30.5 Å². The number of benzene rings is 2. The van der Waals surface area contributed by atoms with Gasteiger partial charge in [0.2, 0.25) is 5.91 Å². The molecule has 7 heteroatoms. The molecule has 30 heavy (non-hydrogen) atoms. The first-order valence-corrected chi connectivity index (χ1v) is 10.3. The third-order valence-corrected chi connectivity index (χ3v) is 5.57. The lowest BCUT2D eigenvalue weighted by Gasteiger charge is -2.25. The number of nitrogens with one attached hydrogen (secondary N) is 1. The van der Waals surface area contributed by atoms with Crippen LogP contribution in [0, 0.1) is 0 Å². The molecule has 152 valence electrons. The van der Waals surface area contributed by atoms with E-state index in [0.717, 1.165) is 15.6 Å². The summed E-state index contributed by atoms with van der Waals surface area (Å²) < 4.78 is 6.33. The highest BCUT2D eigenvalue weighted by molar-refractivity contribution is 9.10. The summed E-state index contributed by atoms with van der Waals surface area (Å²) in [5.41, 5.74) is 2.97. The normalized spacial score (nSPS) is 15.1. The second-order valence-corrected chi connectivity index (χ2v) is 7.87. The first kappa shape index (κ1) is 20.1. The Balaban J connectivity index is 1.64. The Kier molecular flexibility index (Phi) is 5.81. The second kappa shape index (κ2) is 8.67. The molecule has 1 atom stereocenters. The largest absolute Gasteiger partial charge is 0.496 e. The molecule has 0 saturated carbocycles. The number of pyridine rings is 1. The Morgan fingerprint density at radius 1 is 1.20 bits per heavy atom. The third-order valence-electron chi connectivity index (χ3n) is 5.08. The SMILES string of the molecule is COc1ccc(Br)cc1CN1C(=O)c2ccccc2C1C(=O)NCc1cccnc1. The first-order chi connectivity index (χ1) is 14.6. The monoisotopic (exact) mass is 465 g/mol. The van der Waals surface area contributed by atoms with Crippen molar-refractivity contribution in [3.63, 3.8) is 0 Å². The predicted octanol–water partition coefficient (Wildman–Crippen LogP) is 3.87. The van der Waals surface area contributed by atoms with Gasteiger partial charge in [0.05, 0.1) is 13.7 Å². The fraction of sp³-hybridized carbons (Fsp3) is 0.174. The lowest BCUT2D eigenvalue weighted by Crippen LogP contribution is -2.38. The average Bonchev–Trinajstić information content (AvgIpc) is 3.05. The molecule has 0 bridgehead atoms. The minimum Gasteiger partial charge on any atom is -0.496 e. The number of nitrogens with zero attached hydrogens (tertiary/aromatic N) is 2. The molecule has 2 aromatic carbocycles. The van der Waals surface area contributed by atoms with E-state index in [4.69, 9.17) is 4.74 Å². The van der Waals surface area contributed by atoms with Crippen molar-refractivity contribution in [1.82, 2.24) is 15.2 Å². The Morgan fingerprint density at radius 3 is 2.80 bits per heavy atom. The Hall–Kier alpha value is -3.19. The zero-order valence-electron chi connectivity index (χ0n) is 16.3. The summed E-state index contributed by atoms with van der Waals surface area (Å²) in [5.74, 6) is 0.261. The van der Waals surface area contributed by atoms with Gasteiger partial charge in [-0.2, -0.15) is 0 Å². The van der Waals surface area contributed by atoms with Crippen molar-refractivity contribution in [1.29, 1.82) is 0 Å². The predicted molar refractivity (Wildman–Crippen MR) is 116 cm³/mol.